The fraction of sp³-hybridized carbons (Fsp3) is 0.515. The standard InChI is InChI=1S/C28H33N3O8.C5H12S.H2O/c1-5-36-16-22-24-25(39-28(2,3)38-24)26(37-22)31-21(18-8-10-19(29-34)11-9-18)14-23(32)30(27(31)33)15-17-6-12-20(35-4)13-7-17;1-5(2,3)6-4;/h6-14,22,24-26,29,34H,5,15-16H2,1-4H3;1-4H3;1H2/t22-,24?,25?,26-;;/m1../s1. The monoisotopic (exact) mass is 661 g/mol. The Morgan fingerprint density at radius 3 is 2.17 bits per heavy atom. The molecular formula is C33H47N3O9S. The van der Waals surface area contributed by atoms with Crippen molar-refractivity contribution in [3.8, 4) is 17.0 Å². The zero-order valence-electron chi connectivity index (χ0n) is 27.7. The van der Waals surface area contributed by atoms with Gasteiger partial charge in [-0.25, -0.2) is 4.79 Å². The molecule has 2 aliphatic rings. The number of fused-ring (bicyclic) bond motifs is 1. The fourth-order valence-electron chi connectivity index (χ4n) is 5.07. The second kappa shape index (κ2) is 15.6. The van der Waals surface area contributed by atoms with Crippen molar-refractivity contribution in [2.24, 2.45) is 0 Å². The van der Waals surface area contributed by atoms with E-state index in [9.17, 15) is 14.8 Å². The number of nitrogens with one attached hydrogen (secondary N) is 1. The summed E-state index contributed by atoms with van der Waals surface area (Å²) < 4.78 is 32.7. The second-order valence-electron chi connectivity index (χ2n) is 12.2. The summed E-state index contributed by atoms with van der Waals surface area (Å²) in [5.41, 5.74) is 3.24. The Hall–Kier alpha value is -3.17. The minimum absolute atomic E-state index is 0. The van der Waals surface area contributed by atoms with Gasteiger partial charge in [-0.05, 0) is 62.4 Å². The number of aromatic nitrogens is 2. The molecule has 12 nitrogen and oxygen atoms in total. The molecule has 3 aromatic rings. The third-order valence-corrected chi connectivity index (χ3v) is 8.74. The summed E-state index contributed by atoms with van der Waals surface area (Å²) >= 11 is 1.88. The van der Waals surface area contributed by atoms with Crippen molar-refractivity contribution < 1.29 is 34.4 Å². The summed E-state index contributed by atoms with van der Waals surface area (Å²) in [5.74, 6) is -0.219. The predicted octanol–water partition coefficient (Wildman–Crippen LogP) is 4.31. The van der Waals surface area contributed by atoms with E-state index in [4.69, 9.17) is 23.7 Å². The highest BCUT2D eigenvalue weighted by molar-refractivity contribution is 7.99. The first-order valence-electron chi connectivity index (χ1n) is 14.9. The van der Waals surface area contributed by atoms with E-state index in [2.05, 4.69) is 32.5 Å². The van der Waals surface area contributed by atoms with Crippen molar-refractivity contribution in [3.05, 3.63) is 81.0 Å². The van der Waals surface area contributed by atoms with E-state index in [1.54, 1.807) is 55.6 Å². The average Bonchev–Trinajstić information content (AvgIpc) is 3.50. The van der Waals surface area contributed by atoms with Crippen LogP contribution in [-0.2, 0) is 25.5 Å². The van der Waals surface area contributed by atoms with Crippen molar-refractivity contribution in [3.63, 3.8) is 0 Å². The Balaban J connectivity index is 0.000000752. The number of ether oxygens (including phenoxy) is 5. The Kier molecular flexibility index (Phi) is 12.7. The Bertz CT molecular complexity index is 1530. The van der Waals surface area contributed by atoms with E-state index in [0.29, 0.717) is 34.0 Å². The number of anilines is 1. The molecule has 5 rings (SSSR count). The highest BCUT2D eigenvalue weighted by Gasteiger charge is 2.56. The molecule has 13 heteroatoms. The minimum atomic E-state index is -0.891. The Labute approximate surface area is 273 Å². The van der Waals surface area contributed by atoms with Crippen LogP contribution in [0.2, 0.25) is 0 Å². The first kappa shape index (κ1) is 37.3. The van der Waals surface area contributed by atoms with Crippen molar-refractivity contribution in [1.29, 1.82) is 0 Å². The molecule has 0 bridgehead atoms. The number of nitrogens with zero attached hydrogens (tertiary/aromatic N) is 2. The van der Waals surface area contributed by atoms with Gasteiger partial charge in [-0.3, -0.25) is 24.6 Å². The summed E-state index contributed by atoms with van der Waals surface area (Å²) in [5, 5.41) is 9.25. The van der Waals surface area contributed by atoms with Crippen molar-refractivity contribution in [2.45, 2.75) is 83.2 Å². The maximum Gasteiger partial charge on any atom is 0.334 e. The molecule has 254 valence electrons. The number of hydrogen-bond acceptors (Lipinski definition) is 10. The summed E-state index contributed by atoms with van der Waals surface area (Å²) in [4.78, 5) is 27.5. The van der Waals surface area contributed by atoms with Gasteiger partial charge in [-0.15, -0.1) is 0 Å². The number of benzene rings is 2. The second-order valence-corrected chi connectivity index (χ2v) is 13.9. The number of hydrogen-bond donors (Lipinski definition) is 2. The van der Waals surface area contributed by atoms with Crippen LogP contribution < -0.4 is 21.5 Å². The molecule has 3 heterocycles. The van der Waals surface area contributed by atoms with E-state index < -0.39 is 41.6 Å². The summed E-state index contributed by atoms with van der Waals surface area (Å²) in [6.45, 7) is 13.0. The summed E-state index contributed by atoms with van der Waals surface area (Å²) in [7, 11) is 1.57. The van der Waals surface area contributed by atoms with E-state index in [1.807, 2.05) is 32.5 Å². The van der Waals surface area contributed by atoms with E-state index in [0.717, 1.165) is 5.56 Å². The highest BCUT2D eigenvalue weighted by atomic mass is 32.2. The smallest absolute Gasteiger partial charge is 0.334 e. The van der Waals surface area contributed by atoms with Gasteiger partial charge >= 0.3 is 5.69 Å². The van der Waals surface area contributed by atoms with Gasteiger partial charge in [0.25, 0.3) is 5.56 Å². The first-order valence-corrected chi connectivity index (χ1v) is 16.2. The normalized spacial score (nSPS) is 21.5. The summed E-state index contributed by atoms with van der Waals surface area (Å²) in [6, 6.07) is 15.3. The Morgan fingerprint density at radius 1 is 1.02 bits per heavy atom. The van der Waals surface area contributed by atoms with Gasteiger partial charge in [0.15, 0.2) is 12.0 Å². The predicted molar refractivity (Wildman–Crippen MR) is 179 cm³/mol. The molecule has 2 fully saturated rings. The first-order chi connectivity index (χ1) is 21.3. The third kappa shape index (κ3) is 8.79. The molecule has 0 saturated carbocycles. The molecule has 2 aromatic carbocycles. The van der Waals surface area contributed by atoms with Crippen LogP contribution in [0.15, 0.2) is 64.2 Å². The van der Waals surface area contributed by atoms with Crippen LogP contribution in [0.4, 0.5) is 5.69 Å². The van der Waals surface area contributed by atoms with Gasteiger partial charge in [0.05, 0.1) is 31.6 Å². The molecule has 2 aliphatic heterocycles. The molecule has 2 unspecified atom stereocenters. The molecule has 0 amide bonds. The lowest BCUT2D eigenvalue weighted by Crippen LogP contribution is -2.44. The maximum atomic E-state index is 14.1. The molecule has 4 atom stereocenters. The zero-order valence-corrected chi connectivity index (χ0v) is 28.6. The van der Waals surface area contributed by atoms with Gasteiger partial charge < -0.3 is 29.2 Å². The van der Waals surface area contributed by atoms with Crippen LogP contribution in [0.3, 0.4) is 0 Å². The lowest BCUT2D eigenvalue weighted by molar-refractivity contribution is -0.202. The van der Waals surface area contributed by atoms with Crippen LogP contribution in [0.1, 0.15) is 53.3 Å². The fourth-order valence-corrected chi connectivity index (χ4v) is 5.07. The average molecular weight is 662 g/mol. The maximum absolute atomic E-state index is 14.1. The van der Waals surface area contributed by atoms with Crippen LogP contribution in [-0.4, -0.2) is 75.2 Å². The number of rotatable bonds is 9. The molecule has 4 N–H and O–H groups in total. The lowest BCUT2D eigenvalue weighted by Gasteiger charge is -2.27. The van der Waals surface area contributed by atoms with Crippen LogP contribution in [0, 0.1) is 0 Å². The van der Waals surface area contributed by atoms with Crippen molar-refractivity contribution >= 4 is 17.4 Å². The third-order valence-electron chi connectivity index (χ3n) is 7.51. The highest BCUT2D eigenvalue weighted by Crippen LogP contribution is 2.43. The molecule has 1 aromatic heterocycles. The van der Waals surface area contributed by atoms with Crippen LogP contribution >= 0.6 is 11.8 Å². The number of thioether (sulfide) groups is 1. The van der Waals surface area contributed by atoms with Gasteiger partial charge in [0.1, 0.15) is 24.1 Å². The molecule has 0 spiro atoms. The number of methoxy groups -OCH3 is 1. The van der Waals surface area contributed by atoms with Gasteiger partial charge in [-0.2, -0.15) is 11.8 Å². The quantitative estimate of drug-likeness (QED) is 0.317. The molecule has 46 heavy (non-hydrogen) atoms. The zero-order chi connectivity index (χ0) is 32.9. The van der Waals surface area contributed by atoms with E-state index in [1.165, 1.54) is 15.2 Å². The molecule has 0 radical (unpaired) electrons. The Morgan fingerprint density at radius 2 is 1.63 bits per heavy atom. The van der Waals surface area contributed by atoms with Gasteiger partial charge in [-0.1, -0.05) is 45.0 Å². The topological polar surface area (TPSA) is 154 Å². The lowest BCUT2D eigenvalue weighted by atomic mass is 10.1. The van der Waals surface area contributed by atoms with E-state index in [-0.39, 0.29) is 18.6 Å². The van der Waals surface area contributed by atoms with Crippen LogP contribution in [0.25, 0.3) is 11.3 Å². The SMILES string of the molecule is CCOC[C@H]1O[C@@H](n2c(-c3ccc(NO)cc3)cc(=O)n(Cc3ccc(OC)cc3)c2=O)C2OC(C)(C)OC21.CSC(C)(C)C.O. The largest absolute Gasteiger partial charge is 0.497 e. The van der Waals surface area contributed by atoms with Crippen LogP contribution in [0.5, 0.6) is 5.75 Å². The van der Waals surface area contributed by atoms with Gasteiger partial charge in [0, 0.05) is 17.4 Å². The molecule has 2 saturated heterocycles. The van der Waals surface area contributed by atoms with Crippen molar-refractivity contribution in [1.82, 2.24) is 9.13 Å². The molecular weight excluding hydrogens is 614 g/mol. The molecule has 0 aliphatic carbocycles. The minimum Gasteiger partial charge on any atom is -0.497 e. The van der Waals surface area contributed by atoms with Gasteiger partial charge in [0.2, 0.25) is 0 Å². The van der Waals surface area contributed by atoms with E-state index >= 15 is 0 Å². The van der Waals surface area contributed by atoms with Crippen molar-refractivity contribution in [2.75, 3.05) is 32.1 Å². The summed E-state index contributed by atoms with van der Waals surface area (Å²) in [6.07, 6.45) is -0.334.